The van der Waals surface area contributed by atoms with Crippen LogP contribution >= 0.6 is 0 Å². The number of allylic oxidation sites excluding steroid dienone is 7. The van der Waals surface area contributed by atoms with Gasteiger partial charge in [-0.25, -0.2) is 0 Å². The maximum absolute atomic E-state index is 9.04. The number of nitrogens with zero attached hydrogens (tertiary/aromatic N) is 1. The van der Waals surface area contributed by atoms with Crippen molar-refractivity contribution < 1.29 is 9.15 Å². The summed E-state index contributed by atoms with van der Waals surface area (Å²) < 4.78 is 12.2. The van der Waals surface area contributed by atoms with E-state index >= 15 is 0 Å². The second-order valence-electron chi connectivity index (χ2n) is 8.31. The summed E-state index contributed by atoms with van der Waals surface area (Å²) in [5, 5.41) is 9.83. The molecule has 0 amide bonds. The minimum absolute atomic E-state index is 0.618. The standard InChI is InChI=1S/C31H37NO2/c1-6-9-10-11-12-13-21-33-28-19-17-27(18-20-28)30-22-25(5)31(34-30)29(14-7-2)26(8-3)16-15-24(4)23-32/h7-8,14-20,22H,3,5-6,9-13,21H2,1-2,4H3/b14-7-,24-15+,26-16+,31-29-. The van der Waals surface area contributed by atoms with Crippen molar-refractivity contribution in [2.24, 2.45) is 0 Å². The Kier molecular flexibility index (Phi) is 11.5. The molecular weight excluding hydrogens is 418 g/mol. The lowest BCUT2D eigenvalue weighted by atomic mass is 10.0. The summed E-state index contributed by atoms with van der Waals surface area (Å²) in [5.74, 6) is 1.62. The zero-order valence-electron chi connectivity index (χ0n) is 20.9. The molecule has 1 aromatic carbocycles. The van der Waals surface area contributed by atoms with Gasteiger partial charge in [0.15, 0.2) is 0 Å². The Bertz CT molecular complexity index is 1170. The van der Waals surface area contributed by atoms with Gasteiger partial charge in [-0.05, 0) is 62.2 Å². The fourth-order valence-electron chi connectivity index (χ4n) is 3.58. The molecule has 178 valence electrons. The van der Waals surface area contributed by atoms with Crippen LogP contribution in [0.5, 0.6) is 5.75 Å². The third-order valence-electron chi connectivity index (χ3n) is 5.51. The van der Waals surface area contributed by atoms with Crippen molar-refractivity contribution in [1.82, 2.24) is 0 Å². The van der Waals surface area contributed by atoms with E-state index in [9.17, 15) is 0 Å². The Balaban J connectivity index is 2.22. The highest BCUT2D eigenvalue weighted by Gasteiger charge is 2.08. The number of benzene rings is 1. The molecule has 1 heterocycles. The van der Waals surface area contributed by atoms with E-state index in [0.717, 1.165) is 46.5 Å². The highest BCUT2D eigenvalue weighted by Crippen LogP contribution is 2.22. The molecule has 0 radical (unpaired) electrons. The summed E-state index contributed by atoms with van der Waals surface area (Å²) in [6, 6.07) is 12.1. The van der Waals surface area contributed by atoms with Gasteiger partial charge >= 0.3 is 0 Å². The molecule has 3 nitrogen and oxygen atoms in total. The molecule has 0 saturated heterocycles. The third-order valence-corrected chi connectivity index (χ3v) is 5.51. The number of hydrogen-bond donors (Lipinski definition) is 0. The van der Waals surface area contributed by atoms with Crippen LogP contribution in [0.1, 0.15) is 59.3 Å². The van der Waals surface area contributed by atoms with Crippen molar-refractivity contribution in [2.45, 2.75) is 59.3 Å². The molecule has 0 aliphatic heterocycles. The molecule has 0 atom stereocenters. The fraction of sp³-hybridized carbons (Fsp3) is 0.323. The van der Waals surface area contributed by atoms with Gasteiger partial charge in [-0.2, -0.15) is 5.26 Å². The van der Waals surface area contributed by atoms with Crippen LogP contribution in [0.2, 0.25) is 0 Å². The summed E-state index contributed by atoms with van der Waals surface area (Å²) in [4.78, 5) is 0. The zero-order valence-corrected chi connectivity index (χ0v) is 20.9. The summed E-state index contributed by atoms with van der Waals surface area (Å²) in [6.45, 7) is 14.8. The molecule has 0 bridgehead atoms. The molecule has 0 aliphatic rings. The number of nitriles is 1. The molecule has 3 heteroatoms. The first-order chi connectivity index (χ1) is 16.5. The maximum Gasteiger partial charge on any atom is 0.142 e. The molecule has 2 rings (SSSR count). The average molecular weight is 456 g/mol. The normalized spacial score (nSPS) is 13.1. The van der Waals surface area contributed by atoms with E-state index in [4.69, 9.17) is 14.4 Å². The lowest BCUT2D eigenvalue weighted by molar-refractivity contribution is 0.304. The van der Waals surface area contributed by atoms with Crippen molar-refractivity contribution in [3.8, 4) is 23.1 Å². The van der Waals surface area contributed by atoms with Gasteiger partial charge in [0.05, 0.1) is 12.7 Å². The van der Waals surface area contributed by atoms with Crippen LogP contribution in [0.3, 0.4) is 0 Å². The van der Waals surface area contributed by atoms with Gasteiger partial charge in [-0.15, -0.1) is 0 Å². The van der Waals surface area contributed by atoms with E-state index in [1.165, 1.54) is 32.1 Å². The minimum Gasteiger partial charge on any atom is -0.494 e. The molecule has 0 saturated carbocycles. The number of furan rings is 1. The molecule has 34 heavy (non-hydrogen) atoms. The number of rotatable bonds is 13. The van der Waals surface area contributed by atoms with Gasteiger partial charge in [0.25, 0.3) is 0 Å². The Hall–Kier alpha value is -3.51. The summed E-state index contributed by atoms with van der Waals surface area (Å²) in [7, 11) is 0. The van der Waals surface area contributed by atoms with Gasteiger partial charge < -0.3 is 9.15 Å². The number of unbranched alkanes of at least 4 members (excludes halogenated alkanes) is 5. The van der Waals surface area contributed by atoms with Crippen molar-refractivity contribution >= 4 is 12.2 Å². The first-order valence-corrected chi connectivity index (χ1v) is 12.1. The lowest BCUT2D eigenvalue weighted by Crippen LogP contribution is -2.20. The van der Waals surface area contributed by atoms with Crippen LogP contribution < -0.4 is 15.4 Å². The maximum atomic E-state index is 9.04. The average Bonchev–Trinajstić information content (AvgIpc) is 3.24. The van der Waals surface area contributed by atoms with Gasteiger partial charge in [0.1, 0.15) is 16.9 Å². The highest BCUT2D eigenvalue weighted by atomic mass is 16.5. The van der Waals surface area contributed by atoms with Gasteiger partial charge in [0, 0.05) is 21.9 Å². The Morgan fingerprint density at radius 3 is 2.44 bits per heavy atom. The third kappa shape index (κ3) is 8.12. The van der Waals surface area contributed by atoms with Gasteiger partial charge in [-0.1, -0.05) is 76.5 Å². The van der Waals surface area contributed by atoms with Gasteiger partial charge in [-0.3, -0.25) is 0 Å². The van der Waals surface area contributed by atoms with Crippen LogP contribution in [0.25, 0.3) is 23.5 Å². The summed E-state index contributed by atoms with van der Waals surface area (Å²) >= 11 is 0. The lowest BCUT2D eigenvalue weighted by Gasteiger charge is -2.07. The molecule has 0 unspecified atom stereocenters. The van der Waals surface area contributed by atoms with Crippen LogP contribution in [0, 0.1) is 11.3 Å². The predicted molar refractivity (Wildman–Crippen MR) is 144 cm³/mol. The minimum atomic E-state index is 0.618. The number of ether oxygens (including phenoxy) is 1. The van der Waals surface area contributed by atoms with Crippen molar-refractivity contribution in [3.05, 3.63) is 89.1 Å². The summed E-state index contributed by atoms with van der Waals surface area (Å²) in [6.07, 6.45) is 16.8. The quantitative estimate of drug-likeness (QED) is 0.179. The largest absolute Gasteiger partial charge is 0.494 e. The van der Waals surface area contributed by atoms with E-state index < -0.39 is 0 Å². The van der Waals surface area contributed by atoms with E-state index in [2.05, 4.69) is 26.2 Å². The first kappa shape index (κ1) is 26.7. The van der Waals surface area contributed by atoms with Crippen LogP contribution in [-0.2, 0) is 0 Å². The SMILES string of the molecule is C=CC(=C\C=C(/C)C#N)/C(/C=C\C)=c1\oc(-c2ccc(OCCCCCCCC)cc2)cc1=C. The first-order valence-electron chi connectivity index (χ1n) is 12.1. The van der Waals surface area contributed by atoms with Gasteiger partial charge in [0.2, 0.25) is 0 Å². The van der Waals surface area contributed by atoms with Crippen LogP contribution in [0.15, 0.2) is 82.9 Å². The van der Waals surface area contributed by atoms with Crippen molar-refractivity contribution in [3.63, 3.8) is 0 Å². The van der Waals surface area contributed by atoms with E-state index in [0.29, 0.717) is 11.0 Å². The van der Waals surface area contributed by atoms with E-state index in [1.807, 2.05) is 55.5 Å². The fourth-order valence-corrected chi connectivity index (χ4v) is 3.58. The van der Waals surface area contributed by atoms with Crippen LogP contribution in [-0.4, -0.2) is 6.61 Å². The summed E-state index contributed by atoms with van der Waals surface area (Å²) in [5.41, 5.74) is 4.00. The molecule has 0 aliphatic carbocycles. The molecule has 1 aromatic heterocycles. The second-order valence-corrected chi connectivity index (χ2v) is 8.31. The van der Waals surface area contributed by atoms with E-state index in [-0.39, 0.29) is 0 Å². The Morgan fingerprint density at radius 2 is 1.79 bits per heavy atom. The topological polar surface area (TPSA) is 46.2 Å². The second kappa shape index (κ2) is 14.6. The molecule has 0 spiro atoms. The molecule has 2 aromatic rings. The van der Waals surface area contributed by atoms with Crippen molar-refractivity contribution in [2.75, 3.05) is 6.61 Å². The Morgan fingerprint density at radius 1 is 1.09 bits per heavy atom. The van der Waals surface area contributed by atoms with Crippen LogP contribution in [0.4, 0.5) is 0 Å². The monoisotopic (exact) mass is 455 g/mol. The molecular formula is C31H37NO2. The number of hydrogen-bond acceptors (Lipinski definition) is 3. The zero-order chi connectivity index (χ0) is 24.8. The Labute approximate surface area is 204 Å². The molecule has 0 fully saturated rings. The van der Waals surface area contributed by atoms with E-state index in [1.54, 1.807) is 19.1 Å². The van der Waals surface area contributed by atoms with Crippen molar-refractivity contribution in [1.29, 1.82) is 5.26 Å². The molecule has 0 N–H and O–H groups in total. The smallest absolute Gasteiger partial charge is 0.142 e. The highest BCUT2D eigenvalue weighted by molar-refractivity contribution is 5.76. The predicted octanol–water partition coefficient (Wildman–Crippen LogP) is 7.41.